The minimum Gasteiger partial charge on any atom is -0.501 e. The molecule has 6 nitrogen and oxygen atoms in total. The molecule has 32 heavy (non-hydrogen) atoms. The Morgan fingerprint density at radius 3 is 2.75 bits per heavy atom. The first kappa shape index (κ1) is 21.9. The van der Waals surface area contributed by atoms with Gasteiger partial charge in [-0.2, -0.15) is 0 Å². The van der Waals surface area contributed by atoms with Crippen LogP contribution in [0.3, 0.4) is 0 Å². The summed E-state index contributed by atoms with van der Waals surface area (Å²) in [5.41, 5.74) is 4.73. The summed E-state index contributed by atoms with van der Waals surface area (Å²) in [7, 11) is 3.28. The quantitative estimate of drug-likeness (QED) is 0.665. The number of dihydropyridines is 1. The predicted molar refractivity (Wildman–Crippen MR) is 121 cm³/mol. The third kappa shape index (κ3) is 4.35. The van der Waals surface area contributed by atoms with Gasteiger partial charge in [-0.1, -0.05) is 30.4 Å². The van der Waals surface area contributed by atoms with Crippen LogP contribution in [0.15, 0.2) is 70.3 Å². The van der Waals surface area contributed by atoms with Gasteiger partial charge < -0.3 is 19.5 Å². The van der Waals surface area contributed by atoms with Crippen molar-refractivity contribution in [3.8, 4) is 5.75 Å². The molecule has 1 atom stereocenters. The standard InChI is InChI=1S/C26H29NO5/c1-16-20(26(29)32-15-17-8-4-6-10-24(17)30-2)14-21-22(27-16)12-18(13-23(21)28)19-9-5-7-11-25(19)31-3/h4-5,7-9,11,18,27H,6,10,12-15H2,1-3H3/t18-/m1/s1. The highest BCUT2D eigenvalue weighted by molar-refractivity contribution is 6.01. The fraction of sp³-hybridized carbons (Fsp3) is 0.385. The molecule has 0 bridgehead atoms. The number of carbonyl (C=O) groups is 2. The van der Waals surface area contributed by atoms with Crippen LogP contribution in [0, 0.1) is 0 Å². The first-order chi connectivity index (χ1) is 15.5. The van der Waals surface area contributed by atoms with E-state index in [4.69, 9.17) is 14.2 Å². The molecular formula is C26H29NO5. The number of para-hydroxylation sites is 1. The highest BCUT2D eigenvalue weighted by atomic mass is 16.5. The van der Waals surface area contributed by atoms with Gasteiger partial charge in [0.05, 0.1) is 19.8 Å². The van der Waals surface area contributed by atoms with E-state index >= 15 is 0 Å². The maximum atomic E-state index is 13.0. The second-order valence-corrected chi connectivity index (χ2v) is 8.30. The summed E-state index contributed by atoms with van der Waals surface area (Å²) >= 11 is 0. The fourth-order valence-electron chi connectivity index (χ4n) is 4.63. The molecule has 0 saturated carbocycles. The van der Waals surface area contributed by atoms with E-state index in [9.17, 15) is 9.59 Å². The third-order valence-corrected chi connectivity index (χ3v) is 6.37. The number of methoxy groups -OCH3 is 2. The van der Waals surface area contributed by atoms with E-state index in [1.165, 1.54) is 0 Å². The van der Waals surface area contributed by atoms with Crippen LogP contribution in [0.4, 0.5) is 0 Å². The zero-order valence-electron chi connectivity index (χ0n) is 18.8. The molecule has 1 heterocycles. The van der Waals surface area contributed by atoms with E-state index in [-0.39, 0.29) is 18.3 Å². The number of allylic oxidation sites excluding steroid dienone is 5. The maximum absolute atomic E-state index is 13.0. The number of hydrogen-bond donors (Lipinski definition) is 1. The first-order valence-corrected chi connectivity index (χ1v) is 11.0. The summed E-state index contributed by atoms with van der Waals surface area (Å²) in [6.07, 6.45) is 7.13. The van der Waals surface area contributed by atoms with E-state index in [0.717, 1.165) is 46.9 Å². The summed E-state index contributed by atoms with van der Waals surface area (Å²) in [6.45, 7) is 2.02. The van der Waals surface area contributed by atoms with Gasteiger partial charge in [0.1, 0.15) is 18.1 Å². The van der Waals surface area contributed by atoms with Gasteiger partial charge in [0.2, 0.25) is 0 Å². The number of benzene rings is 1. The lowest BCUT2D eigenvalue weighted by atomic mass is 9.78. The summed E-state index contributed by atoms with van der Waals surface area (Å²) in [6, 6.07) is 7.82. The van der Waals surface area contributed by atoms with Gasteiger partial charge in [0.25, 0.3) is 0 Å². The Morgan fingerprint density at radius 2 is 1.97 bits per heavy atom. The largest absolute Gasteiger partial charge is 0.501 e. The second kappa shape index (κ2) is 9.47. The van der Waals surface area contributed by atoms with Crippen molar-refractivity contribution >= 4 is 11.8 Å². The maximum Gasteiger partial charge on any atom is 0.336 e. The van der Waals surface area contributed by atoms with Crippen molar-refractivity contribution in [1.29, 1.82) is 0 Å². The van der Waals surface area contributed by atoms with E-state index in [1.807, 2.05) is 43.3 Å². The summed E-state index contributed by atoms with van der Waals surface area (Å²) in [5, 5.41) is 3.32. The van der Waals surface area contributed by atoms with E-state index in [1.54, 1.807) is 14.2 Å². The number of ketones is 1. The van der Waals surface area contributed by atoms with Gasteiger partial charge >= 0.3 is 5.97 Å². The zero-order valence-corrected chi connectivity index (χ0v) is 18.8. The van der Waals surface area contributed by atoms with Gasteiger partial charge in [-0.25, -0.2) is 4.79 Å². The number of esters is 1. The number of Topliss-reactive ketones (excluding diaryl/α,β-unsaturated/α-hetero) is 1. The zero-order chi connectivity index (χ0) is 22.7. The molecule has 1 aromatic rings. The van der Waals surface area contributed by atoms with Crippen molar-refractivity contribution in [3.63, 3.8) is 0 Å². The Balaban J connectivity index is 1.47. The molecule has 1 aromatic carbocycles. The van der Waals surface area contributed by atoms with Crippen molar-refractivity contribution in [2.24, 2.45) is 0 Å². The van der Waals surface area contributed by atoms with Crippen LogP contribution < -0.4 is 10.1 Å². The molecule has 0 amide bonds. The molecule has 0 fully saturated rings. The van der Waals surface area contributed by atoms with Gasteiger partial charge in [-0.05, 0) is 31.4 Å². The average molecular weight is 436 g/mol. The molecule has 4 rings (SSSR count). The highest BCUT2D eigenvalue weighted by Crippen LogP contribution is 2.41. The molecule has 2 aliphatic carbocycles. The minimum absolute atomic E-state index is 0.0451. The Hall–Kier alpha value is -3.28. The number of rotatable bonds is 6. The van der Waals surface area contributed by atoms with Crippen molar-refractivity contribution in [3.05, 3.63) is 75.9 Å². The van der Waals surface area contributed by atoms with Crippen molar-refractivity contribution < 1.29 is 23.8 Å². The Bertz CT molecular complexity index is 1060. The number of nitrogens with one attached hydrogen (secondary N) is 1. The predicted octanol–water partition coefficient (Wildman–Crippen LogP) is 4.46. The van der Waals surface area contributed by atoms with Crippen LogP contribution in [-0.4, -0.2) is 32.6 Å². The van der Waals surface area contributed by atoms with Crippen molar-refractivity contribution in [1.82, 2.24) is 5.32 Å². The highest BCUT2D eigenvalue weighted by Gasteiger charge is 2.34. The fourth-order valence-corrected chi connectivity index (χ4v) is 4.63. The topological polar surface area (TPSA) is 73.9 Å². The van der Waals surface area contributed by atoms with Crippen LogP contribution in [0.25, 0.3) is 0 Å². The number of hydrogen-bond acceptors (Lipinski definition) is 6. The average Bonchev–Trinajstić information content (AvgIpc) is 2.82. The third-order valence-electron chi connectivity index (χ3n) is 6.37. The SMILES string of the molecule is COC1=C(COC(=O)C2=C(C)NC3=C(C2)C(=O)C[C@H](c2ccccc2OC)C3)C=CCC1. The summed E-state index contributed by atoms with van der Waals surface area (Å²) < 4.78 is 16.5. The number of carbonyl (C=O) groups excluding carboxylic acids is 2. The Morgan fingerprint density at radius 1 is 1.16 bits per heavy atom. The van der Waals surface area contributed by atoms with E-state index in [2.05, 4.69) is 5.32 Å². The Labute approximate surface area is 188 Å². The van der Waals surface area contributed by atoms with Crippen molar-refractivity contribution in [2.45, 2.75) is 44.9 Å². The van der Waals surface area contributed by atoms with Gasteiger partial charge in [-0.3, -0.25) is 4.79 Å². The molecule has 168 valence electrons. The van der Waals surface area contributed by atoms with E-state index in [0.29, 0.717) is 30.4 Å². The lowest BCUT2D eigenvalue weighted by Crippen LogP contribution is -2.31. The lowest BCUT2D eigenvalue weighted by molar-refractivity contribution is -0.138. The molecule has 1 N–H and O–H groups in total. The van der Waals surface area contributed by atoms with Gasteiger partial charge in [0.15, 0.2) is 5.78 Å². The summed E-state index contributed by atoms with van der Waals surface area (Å²) in [4.78, 5) is 25.9. The summed E-state index contributed by atoms with van der Waals surface area (Å²) in [5.74, 6) is 1.35. The molecule has 3 aliphatic rings. The molecule has 1 aliphatic heterocycles. The lowest BCUT2D eigenvalue weighted by Gasteiger charge is -2.32. The second-order valence-electron chi connectivity index (χ2n) is 8.30. The van der Waals surface area contributed by atoms with Gasteiger partial charge in [-0.15, -0.1) is 0 Å². The molecule has 0 spiro atoms. The van der Waals surface area contributed by atoms with Crippen LogP contribution >= 0.6 is 0 Å². The monoisotopic (exact) mass is 435 g/mol. The molecule has 6 heteroatoms. The Kier molecular flexibility index (Phi) is 6.49. The van der Waals surface area contributed by atoms with Crippen molar-refractivity contribution in [2.75, 3.05) is 20.8 Å². The normalized spacial score (nSPS) is 20.7. The van der Waals surface area contributed by atoms with Gasteiger partial charge in [0, 0.05) is 47.7 Å². The van der Waals surface area contributed by atoms with Crippen LogP contribution in [0.1, 0.15) is 50.5 Å². The smallest absolute Gasteiger partial charge is 0.336 e. The molecule has 0 saturated heterocycles. The van der Waals surface area contributed by atoms with Crippen LogP contribution in [-0.2, 0) is 19.1 Å². The van der Waals surface area contributed by atoms with Crippen LogP contribution in [0.5, 0.6) is 5.75 Å². The molecule has 0 radical (unpaired) electrons. The number of ether oxygens (including phenoxy) is 3. The first-order valence-electron chi connectivity index (χ1n) is 11.0. The molecular weight excluding hydrogens is 406 g/mol. The minimum atomic E-state index is -0.400. The van der Waals surface area contributed by atoms with Crippen LogP contribution in [0.2, 0.25) is 0 Å². The van der Waals surface area contributed by atoms with E-state index < -0.39 is 5.97 Å². The molecule has 0 unspecified atom stereocenters. The molecule has 0 aromatic heterocycles.